The molecule has 0 aromatic heterocycles. The first kappa shape index (κ1) is 12.2. The Bertz CT molecular complexity index is 378. The van der Waals surface area contributed by atoms with Crippen LogP contribution in [-0.2, 0) is 9.53 Å². The number of amides is 1. The molecule has 0 bridgehead atoms. The molecule has 0 aromatic rings. The standard InChI is InChI=1S/C11H14F2N2O2/c12-9-3-1-2-8(10(14)16)11(9,13)15-7-4-5-17-6-7/h1-3,7-8,15H,4-6H2,(H2,14,16). The molecule has 3 N–H and O–H groups in total. The molecule has 6 heteroatoms. The van der Waals surface area contributed by atoms with Gasteiger partial charge in [-0.25, -0.2) is 8.78 Å². The molecule has 1 amide bonds. The van der Waals surface area contributed by atoms with Crippen LogP contribution >= 0.6 is 0 Å². The largest absolute Gasteiger partial charge is 0.380 e. The van der Waals surface area contributed by atoms with Gasteiger partial charge in [0.1, 0.15) is 5.92 Å². The fourth-order valence-corrected chi connectivity index (χ4v) is 2.05. The van der Waals surface area contributed by atoms with Crippen molar-refractivity contribution in [2.75, 3.05) is 13.2 Å². The van der Waals surface area contributed by atoms with Crippen LogP contribution in [-0.4, -0.2) is 31.0 Å². The zero-order valence-electron chi connectivity index (χ0n) is 9.16. The van der Waals surface area contributed by atoms with E-state index in [0.29, 0.717) is 19.6 Å². The zero-order chi connectivity index (χ0) is 12.5. The van der Waals surface area contributed by atoms with Gasteiger partial charge in [-0.05, 0) is 12.5 Å². The van der Waals surface area contributed by atoms with E-state index in [1.165, 1.54) is 12.2 Å². The number of hydrogen-bond acceptors (Lipinski definition) is 3. The quantitative estimate of drug-likeness (QED) is 0.713. The lowest BCUT2D eigenvalue weighted by Gasteiger charge is -2.33. The second-order valence-electron chi connectivity index (χ2n) is 4.20. The van der Waals surface area contributed by atoms with E-state index in [-0.39, 0.29) is 6.04 Å². The Hall–Kier alpha value is -1.27. The minimum absolute atomic E-state index is 0.300. The van der Waals surface area contributed by atoms with Gasteiger partial charge >= 0.3 is 0 Å². The van der Waals surface area contributed by atoms with Crippen molar-refractivity contribution in [1.29, 1.82) is 0 Å². The lowest BCUT2D eigenvalue weighted by Crippen LogP contribution is -2.56. The predicted octanol–water partition coefficient (Wildman–Crippen LogP) is 0.555. The summed E-state index contributed by atoms with van der Waals surface area (Å²) in [4.78, 5) is 11.2. The minimum atomic E-state index is -2.56. The molecule has 2 aliphatic rings. The third-order valence-corrected chi connectivity index (χ3v) is 2.97. The third kappa shape index (κ3) is 2.23. The highest BCUT2D eigenvalue weighted by Gasteiger charge is 2.48. The number of nitrogens with one attached hydrogen (secondary N) is 1. The number of carbonyl (C=O) groups excluding carboxylic acids is 1. The Morgan fingerprint density at radius 1 is 1.65 bits per heavy atom. The lowest BCUT2D eigenvalue weighted by molar-refractivity contribution is -0.125. The van der Waals surface area contributed by atoms with Gasteiger partial charge in [0, 0.05) is 12.6 Å². The average molecular weight is 244 g/mol. The molecule has 0 saturated carbocycles. The van der Waals surface area contributed by atoms with E-state index in [4.69, 9.17) is 10.5 Å². The Morgan fingerprint density at radius 2 is 2.41 bits per heavy atom. The Morgan fingerprint density at radius 3 is 3.00 bits per heavy atom. The van der Waals surface area contributed by atoms with Crippen molar-refractivity contribution in [3.8, 4) is 0 Å². The summed E-state index contributed by atoms with van der Waals surface area (Å²) in [7, 11) is 0. The van der Waals surface area contributed by atoms with E-state index in [2.05, 4.69) is 5.32 Å². The van der Waals surface area contributed by atoms with Crippen LogP contribution in [0.1, 0.15) is 6.42 Å². The van der Waals surface area contributed by atoms with Crippen LogP contribution in [0, 0.1) is 5.92 Å². The molecule has 4 nitrogen and oxygen atoms in total. The average Bonchev–Trinajstić information content (AvgIpc) is 2.74. The molecular weight excluding hydrogens is 230 g/mol. The SMILES string of the molecule is NC(=O)C1C=CC=C(F)C1(F)NC1CCOC1. The molecule has 0 spiro atoms. The van der Waals surface area contributed by atoms with Crippen LogP contribution in [0.15, 0.2) is 24.1 Å². The van der Waals surface area contributed by atoms with Crippen LogP contribution < -0.4 is 11.1 Å². The molecular formula is C11H14F2N2O2. The molecule has 2 rings (SSSR count). The number of primary amides is 1. The molecule has 1 saturated heterocycles. The highest BCUT2D eigenvalue weighted by molar-refractivity contribution is 5.81. The van der Waals surface area contributed by atoms with Crippen molar-refractivity contribution in [1.82, 2.24) is 5.32 Å². The first-order valence-electron chi connectivity index (χ1n) is 5.42. The number of hydrogen-bond donors (Lipinski definition) is 2. The summed E-state index contributed by atoms with van der Waals surface area (Å²) in [5, 5.41) is 2.49. The van der Waals surface area contributed by atoms with Crippen molar-refractivity contribution >= 4 is 5.91 Å². The highest BCUT2D eigenvalue weighted by Crippen LogP contribution is 2.34. The van der Waals surface area contributed by atoms with Gasteiger partial charge in [0.2, 0.25) is 11.7 Å². The lowest BCUT2D eigenvalue weighted by atomic mass is 9.90. The molecule has 3 unspecified atom stereocenters. The van der Waals surface area contributed by atoms with Crippen LogP contribution in [0.4, 0.5) is 8.78 Å². The van der Waals surface area contributed by atoms with Crippen LogP contribution in [0.2, 0.25) is 0 Å². The van der Waals surface area contributed by atoms with Gasteiger partial charge in [0.05, 0.1) is 6.61 Å². The number of halogens is 2. The van der Waals surface area contributed by atoms with Gasteiger partial charge in [-0.1, -0.05) is 12.2 Å². The normalized spacial score (nSPS) is 36.9. The van der Waals surface area contributed by atoms with Crippen molar-refractivity contribution in [2.45, 2.75) is 18.3 Å². The Kier molecular flexibility index (Phi) is 3.26. The summed E-state index contributed by atoms with van der Waals surface area (Å²) >= 11 is 0. The number of rotatable bonds is 3. The molecule has 1 heterocycles. The van der Waals surface area contributed by atoms with E-state index >= 15 is 0 Å². The van der Waals surface area contributed by atoms with Crippen LogP contribution in [0.3, 0.4) is 0 Å². The van der Waals surface area contributed by atoms with Gasteiger partial charge in [-0.15, -0.1) is 0 Å². The summed E-state index contributed by atoms with van der Waals surface area (Å²) in [5.74, 6) is -5.83. The predicted molar refractivity (Wildman–Crippen MR) is 57.2 cm³/mol. The second-order valence-corrected chi connectivity index (χ2v) is 4.20. The highest BCUT2D eigenvalue weighted by atomic mass is 19.2. The minimum Gasteiger partial charge on any atom is -0.380 e. The molecule has 1 aliphatic heterocycles. The van der Waals surface area contributed by atoms with Crippen LogP contribution in [0.5, 0.6) is 0 Å². The fourth-order valence-electron chi connectivity index (χ4n) is 2.05. The van der Waals surface area contributed by atoms with Gasteiger partial charge in [0.15, 0.2) is 5.83 Å². The molecule has 0 radical (unpaired) electrons. The van der Waals surface area contributed by atoms with Gasteiger partial charge in [-0.2, -0.15) is 0 Å². The summed E-state index contributed by atoms with van der Waals surface area (Å²) < 4.78 is 33.3. The molecule has 1 aliphatic carbocycles. The van der Waals surface area contributed by atoms with Crippen molar-refractivity contribution < 1.29 is 18.3 Å². The van der Waals surface area contributed by atoms with Crippen molar-refractivity contribution in [3.63, 3.8) is 0 Å². The Balaban J connectivity index is 2.20. The van der Waals surface area contributed by atoms with E-state index in [1.807, 2.05) is 0 Å². The fraction of sp³-hybridized carbons (Fsp3) is 0.545. The topological polar surface area (TPSA) is 64.4 Å². The zero-order valence-corrected chi connectivity index (χ0v) is 9.16. The number of allylic oxidation sites excluding steroid dienone is 2. The number of ether oxygens (including phenoxy) is 1. The Labute approximate surface area is 97.5 Å². The van der Waals surface area contributed by atoms with E-state index in [0.717, 1.165) is 6.08 Å². The molecule has 1 fully saturated rings. The van der Waals surface area contributed by atoms with E-state index in [9.17, 15) is 13.6 Å². The summed E-state index contributed by atoms with van der Waals surface area (Å²) in [5.41, 5.74) is 5.08. The molecule has 17 heavy (non-hydrogen) atoms. The maximum absolute atomic E-state index is 14.6. The van der Waals surface area contributed by atoms with Crippen LogP contribution in [0.25, 0.3) is 0 Å². The van der Waals surface area contributed by atoms with E-state index in [1.54, 1.807) is 0 Å². The summed E-state index contributed by atoms with van der Waals surface area (Å²) in [6.45, 7) is 0.796. The summed E-state index contributed by atoms with van der Waals surface area (Å²) in [6, 6.07) is -0.313. The maximum Gasteiger partial charge on any atom is 0.229 e. The molecule has 0 aromatic carbocycles. The number of carbonyl (C=O) groups is 1. The van der Waals surface area contributed by atoms with Crippen molar-refractivity contribution in [2.24, 2.45) is 11.7 Å². The number of nitrogens with two attached hydrogens (primary N) is 1. The smallest absolute Gasteiger partial charge is 0.229 e. The monoisotopic (exact) mass is 244 g/mol. The maximum atomic E-state index is 14.6. The molecule has 94 valence electrons. The number of alkyl halides is 1. The third-order valence-electron chi connectivity index (χ3n) is 2.97. The van der Waals surface area contributed by atoms with E-state index < -0.39 is 23.4 Å². The first-order chi connectivity index (χ1) is 8.04. The summed E-state index contributed by atoms with van der Waals surface area (Å²) in [6.07, 6.45) is 4.11. The second kappa shape index (κ2) is 4.54. The van der Waals surface area contributed by atoms with Gasteiger partial charge in [-0.3, -0.25) is 10.1 Å². The van der Waals surface area contributed by atoms with Crippen molar-refractivity contribution in [3.05, 3.63) is 24.1 Å². The molecule has 3 atom stereocenters. The first-order valence-corrected chi connectivity index (χ1v) is 5.42. The van der Waals surface area contributed by atoms with Gasteiger partial charge in [0.25, 0.3) is 0 Å². The van der Waals surface area contributed by atoms with Gasteiger partial charge < -0.3 is 10.5 Å².